The summed E-state index contributed by atoms with van der Waals surface area (Å²) >= 11 is 0. The average molecular weight is 347 g/mol. The van der Waals surface area contributed by atoms with E-state index in [0.29, 0.717) is 5.56 Å². The molecule has 1 N–H and O–H groups in total. The summed E-state index contributed by atoms with van der Waals surface area (Å²) in [5.41, 5.74) is 3.30. The van der Waals surface area contributed by atoms with Gasteiger partial charge in [-0.15, -0.1) is 0 Å². The predicted molar refractivity (Wildman–Crippen MR) is 84.7 cm³/mol. The maximum Gasteiger partial charge on any atom is 0.449 e. The van der Waals surface area contributed by atoms with Crippen LogP contribution in [0.15, 0.2) is 53.9 Å². The van der Waals surface area contributed by atoms with Gasteiger partial charge in [0.1, 0.15) is 6.54 Å². The van der Waals surface area contributed by atoms with Gasteiger partial charge in [-0.05, 0) is 29.8 Å². The molecule has 1 amide bonds. The number of nitrogens with zero attached hydrogens (tertiary/aromatic N) is 4. The van der Waals surface area contributed by atoms with E-state index in [1.54, 1.807) is 36.7 Å². The van der Waals surface area contributed by atoms with Gasteiger partial charge in [0.05, 0.1) is 17.2 Å². The van der Waals surface area contributed by atoms with Gasteiger partial charge in [0, 0.05) is 12.4 Å². The van der Waals surface area contributed by atoms with Crippen molar-refractivity contribution in [2.24, 2.45) is 5.10 Å². The lowest BCUT2D eigenvalue weighted by atomic mass is 10.3. The van der Waals surface area contributed by atoms with Crippen LogP contribution in [0.2, 0.25) is 0 Å². The minimum absolute atomic E-state index is 0.169. The Bertz CT molecular complexity index is 918. The molecule has 1 aromatic carbocycles. The zero-order valence-electron chi connectivity index (χ0n) is 12.7. The van der Waals surface area contributed by atoms with Gasteiger partial charge >= 0.3 is 6.18 Å². The number of hydrogen-bond acceptors (Lipinski definition) is 4. The number of carbonyl (C=O) groups excluding carboxylic acids is 1. The molecule has 2 heterocycles. The van der Waals surface area contributed by atoms with E-state index in [1.807, 2.05) is 0 Å². The number of carbonyl (C=O) groups is 1. The third-order valence-corrected chi connectivity index (χ3v) is 3.32. The van der Waals surface area contributed by atoms with Crippen molar-refractivity contribution in [2.45, 2.75) is 12.7 Å². The number of hydrogen-bond donors (Lipinski definition) is 1. The Kier molecular flexibility index (Phi) is 4.46. The Balaban J connectivity index is 1.80. The lowest BCUT2D eigenvalue weighted by molar-refractivity contribution is -0.147. The molecule has 25 heavy (non-hydrogen) atoms. The van der Waals surface area contributed by atoms with E-state index in [0.717, 1.165) is 4.57 Å². The van der Waals surface area contributed by atoms with Crippen LogP contribution in [0.25, 0.3) is 11.0 Å². The van der Waals surface area contributed by atoms with Crippen molar-refractivity contribution < 1.29 is 18.0 Å². The van der Waals surface area contributed by atoms with Crippen LogP contribution in [0.1, 0.15) is 11.4 Å². The lowest BCUT2D eigenvalue weighted by Crippen LogP contribution is -2.26. The maximum atomic E-state index is 13.2. The number of aromatic nitrogens is 3. The van der Waals surface area contributed by atoms with E-state index < -0.39 is 24.5 Å². The third kappa shape index (κ3) is 3.82. The molecule has 0 saturated heterocycles. The van der Waals surface area contributed by atoms with E-state index in [1.165, 1.54) is 18.3 Å². The summed E-state index contributed by atoms with van der Waals surface area (Å²) in [6, 6.07) is 9.44. The highest BCUT2D eigenvalue weighted by molar-refractivity contribution is 5.83. The maximum absolute atomic E-state index is 13.2. The highest BCUT2D eigenvalue weighted by Crippen LogP contribution is 2.31. The zero-order chi connectivity index (χ0) is 17.9. The zero-order valence-corrected chi connectivity index (χ0v) is 12.7. The molecule has 0 saturated carbocycles. The van der Waals surface area contributed by atoms with Crippen molar-refractivity contribution in [1.82, 2.24) is 20.0 Å². The van der Waals surface area contributed by atoms with Crippen LogP contribution >= 0.6 is 0 Å². The van der Waals surface area contributed by atoms with Crippen LogP contribution in [0, 0.1) is 0 Å². The van der Waals surface area contributed by atoms with Crippen LogP contribution in [0.5, 0.6) is 0 Å². The summed E-state index contributed by atoms with van der Waals surface area (Å²) in [5, 5.41) is 3.73. The molecule has 0 aliphatic carbocycles. The molecule has 0 atom stereocenters. The van der Waals surface area contributed by atoms with Gasteiger partial charge in [-0.2, -0.15) is 18.3 Å². The number of amides is 1. The number of rotatable bonds is 4. The number of benzene rings is 1. The summed E-state index contributed by atoms with van der Waals surface area (Å²) in [5.74, 6) is -1.82. The van der Waals surface area contributed by atoms with Crippen molar-refractivity contribution in [3.8, 4) is 0 Å². The van der Waals surface area contributed by atoms with Gasteiger partial charge in [0.25, 0.3) is 5.91 Å². The second-order valence-electron chi connectivity index (χ2n) is 5.08. The molecule has 0 aliphatic heterocycles. The van der Waals surface area contributed by atoms with Gasteiger partial charge in [0.15, 0.2) is 0 Å². The van der Waals surface area contributed by atoms with E-state index in [9.17, 15) is 18.0 Å². The van der Waals surface area contributed by atoms with Gasteiger partial charge in [-0.3, -0.25) is 9.78 Å². The molecule has 0 spiro atoms. The second-order valence-corrected chi connectivity index (χ2v) is 5.08. The van der Waals surface area contributed by atoms with Crippen LogP contribution in [-0.4, -0.2) is 26.7 Å². The molecule has 3 rings (SSSR count). The van der Waals surface area contributed by atoms with E-state index in [-0.39, 0.29) is 11.0 Å². The van der Waals surface area contributed by atoms with E-state index in [2.05, 4.69) is 20.5 Å². The first kappa shape index (κ1) is 16.6. The molecular weight excluding hydrogens is 335 g/mol. The number of hydrazone groups is 1. The molecule has 2 aromatic heterocycles. The SMILES string of the molecule is O=C(Cn1c(C(F)(F)F)nc2ccccc21)N/N=C/c1ccncc1. The molecule has 9 heteroatoms. The fraction of sp³-hybridized carbons (Fsp3) is 0.125. The minimum Gasteiger partial charge on any atom is -0.311 e. The molecule has 0 aliphatic rings. The molecule has 0 unspecified atom stereocenters. The van der Waals surface area contributed by atoms with Crippen LogP contribution in [0.4, 0.5) is 13.2 Å². The first-order valence-electron chi connectivity index (χ1n) is 7.19. The lowest BCUT2D eigenvalue weighted by Gasteiger charge is -2.10. The predicted octanol–water partition coefficient (Wildman–Crippen LogP) is 2.60. The van der Waals surface area contributed by atoms with E-state index >= 15 is 0 Å². The summed E-state index contributed by atoms with van der Waals surface area (Å²) in [4.78, 5) is 19.4. The number of fused-ring (bicyclic) bond motifs is 1. The fourth-order valence-corrected chi connectivity index (χ4v) is 2.26. The standard InChI is InChI=1S/C16H12F3N5O/c17-16(18,19)15-22-12-3-1-2-4-13(12)24(15)10-14(25)23-21-9-11-5-7-20-8-6-11/h1-9H,10H2,(H,23,25)/b21-9+. The van der Waals surface area contributed by atoms with Crippen LogP contribution in [-0.2, 0) is 17.5 Å². The molecule has 0 bridgehead atoms. The fourth-order valence-electron chi connectivity index (χ4n) is 2.26. The van der Waals surface area contributed by atoms with Crippen molar-refractivity contribution >= 4 is 23.2 Å². The molecule has 128 valence electrons. The first-order valence-corrected chi connectivity index (χ1v) is 7.19. The molecule has 6 nitrogen and oxygen atoms in total. The van der Waals surface area contributed by atoms with Gasteiger partial charge in [0.2, 0.25) is 5.82 Å². The number of pyridine rings is 1. The summed E-state index contributed by atoms with van der Waals surface area (Å²) in [6.45, 7) is -0.553. The van der Waals surface area contributed by atoms with Gasteiger partial charge in [-0.25, -0.2) is 10.4 Å². The number of nitrogens with one attached hydrogen (secondary N) is 1. The summed E-state index contributed by atoms with van der Waals surface area (Å²) in [6.07, 6.45) is -0.192. The smallest absolute Gasteiger partial charge is 0.311 e. The van der Waals surface area contributed by atoms with Crippen molar-refractivity contribution in [1.29, 1.82) is 0 Å². The number of imidazole rings is 1. The Labute approximate surface area is 140 Å². The molecule has 0 radical (unpaired) electrons. The normalized spacial score (nSPS) is 12.0. The Morgan fingerprint density at radius 2 is 1.92 bits per heavy atom. The Hall–Kier alpha value is -3.23. The third-order valence-electron chi connectivity index (χ3n) is 3.32. The van der Waals surface area contributed by atoms with Crippen molar-refractivity contribution in [3.05, 3.63) is 60.2 Å². The second kappa shape index (κ2) is 6.71. The highest BCUT2D eigenvalue weighted by atomic mass is 19.4. The van der Waals surface area contributed by atoms with E-state index in [4.69, 9.17) is 0 Å². The quantitative estimate of drug-likeness (QED) is 0.582. The van der Waals surface area contributed by atoms with Gasteiger partial charge in [-0.1, -0.05) is 12.1 Å². The highest BCUT2D eigenvalue weighted by Gasteiger charge is 2.37. The topological polar surface area (TPSA) is 72.2 Å². The first-order chi connectivity index (χ1) is 11.9. The number of halogens is 3. The molecular formula is C16H12F3N5O. The summed E-state index contributed by atoms with van der Waals surface area (Å²) in [7, 11) is 0. The van der Waals surface area contributed by atoms with Crippen LogP contribution in [0.3, 0.4) is 0 Å². The molecule has 3 aromatic rings. The molecule has 0 fully saturated rings. The number of para-hydroxylation sites is 2. The number of alkyl halides is 3. The monoisotopic (exact) mass is 347 g/mol. The van der Waals surface area contributed by atoms with Crippen molar-refractivity contribution in [2.75, 3.05) is 0 Å². The average Bonchev–Trinajstić information content (AvgIpc) is 2.95. The Morgan fingerprint density at radius 3 is 2.64 bits per heavy atom. The summed E-state index contributed by atoms with van der Waals surface area (Å²) < 4.78 is 40.3. The van der Waals surface area contributed by atoms with Crippen molar-refractivity contribution in [3.63, 3.8) is 0 Å². The minimum atomic E-state index is -4.67. The largest absolute Gasteiger partial charge is 0.449 e. The van der Waals surface area contributed by atoms with Crippen LogP contribution < -0.4 is 5.43 Å². The Morgan fingerprint density at radius 1 is 1.20 bits per heavy atom. The van der Waals surface area contributed by atoms with Gasteiger partial charge < -0.3 is 4.57 Å².